The van der Waals surface area contributed by atoms with E-state index in [0.29, 0.717) is 17.5 Å². The van der Waals surface area contributed by atoms with Crippen molar-refractivity contribution < 1.29 is 4.79 Å². The molecule has 0 spiro atoms. The number of nitrogens with one attached hydrogen (secondary N) is 1. The molecule has 0 aliphatic carbocycles. The van der Waals surface area contributed by atoms with Crippen LogP contribution in [0.15, 0.2) is 30.6 Å². The third-order valence-corrected chi connectivity index (χ3v) is 4.31. The Bertz CT molecular complexity index is 623. The molecule has 98 valence electrons. The molecule has 5 nitrogen and oxygen atoms in total. The predicted octanol–water partition coefficient (Wildman–Crippen LogP) is 0.768. The number of rotatable bonds is 1. The van der Waals surface area contributed by atoms with Crippen molar-refractivity contribution in [3.63, 3.8) is 0 Å². The maximum absolute atomic E-state index is 12.6. The molecule has 0 bridgehead atoms. The van der Waals surface area contributed by atoms with Gasteiger partial charge in [0.1, 0.15) is 0 Å². The molecule has 4 rings (SSSR count). The molecule has 1 N–H and O–H groups in total. The van der Waals surface area contributed by atoms with Gasteiger partial charge in [0.15, 0.2) is 0 Å². The third-order valence-electron chi connectivity index (χ3n) is 4.31. The number of carbonyl (C=O) groups is 1. The van der Waals surface area contributed by atoms with Gasteiger partial charge >= 0.3 is 0 Å². The molecular formula is C14H16N4O. The summed E-state index contributed by atoms with van der Waals surface area (Å²) < 4.78 is 1.75. The number of carbonyl (C=O) groups excluding carboxylic acids is 1. The van der Waals surface area contributed by atoms with Crippen molar-refractivity contribution in [2.75, 3.05) is 19.6 Å². The van der Waals surface area contributed by atoms with Gasteiger partial charge in [0.25, 0.3) is 5.91 Å². The highest BCUT2D eigenvalue weighted by atomic mass is 16.2. The number of nitrogens with zero attached hydrogens (tertiary/aromatic N) is 3. The van der Waals surface area contributed by atoms with Crippen LogP contribution in [-0.2, 0) is 0 Å². The van der Waals surface area contributed by atoms with Gasteiger partial charge in [-0.3, -0.25) is 4.79 Å². The van der Waals surface area contributed by atoms with Crippen LogP contribution in [0.1, 0.15) is 16.8 Å². The Balaban J connectivity index is 1.64. The summed E-state index contributed by atoms with van der Waals surface area (Å²) in [6.45, 7) is 2.79. The fourth-order valence-electron chi connectivity index (χ4n) is 3.28. The summed E-state index contributed by atoms with van der Waals surface area (Å²) >= 11 is 0. The topological polar surface area (TPSA) is 49.6 Å². The quantitative estimate of drug-likeness (QED) is 0.820. The minimum absolute atomic E-state index is 0.109. The van der Waals surface area contributed by atoms with Crippen molar-refractivity contribution in [1.82, 2.24) is 19.8 Å². The Morgan fingerprint density at radius 3 is 3.21 bits per heavy atom. The molecule has 0 radical (unpaired) electrons. The van der Waals surface area contributed by atoms with Crippen molar-refractivity contribution in [3.8, 4) is 0 Å². The summed E-state index contributed by atoms with van der Waals surface area (Å²) in [4.78, 5) is 14.6. The van der Waals surface area contributed by atoms with E-state index in [4.69, 9.17) is 0 Å². The van der Waals surface area contributed by atoms with Gasteiger partial charge in [-0.25, -0.2) is 4.52 Å². The number of fused-ring (bicyclic) bond motifs is 2. The Hall–Kier alpha value is -1.88. The minimum atomic E-state index is 0.109. The highest BCUT2D eigenvalue weighted by Crippen LogP contribution is 2.26. The Morgan fingerprint density at radius 1 is 1.37 bits per heavy atom. The summed E-state index contributed by atoms with van der Waals surface area (Å²) in [5, 5.41) is 7.71. The van der Waals surface area contributed by atoms with E-state index in [9.17, 15) is 4.79 Å². The van der Waals surface area contributed by atoms with Crippen molar-refractivity contribution in [3.05, 3.63) is 36.2 Å². The molecule has 2 saturated heterocycles. The van der Waals surface area contributed by atoms with Gasteiger partial charge in [0, 0.05) is 25.3 Å². The van der Waals surface area contributed by atoms with Crippen molar-refractivity contribution in [2.24, 2.45) is 5.92 Å². The van der Waals surface area contributed by atoms with Crippen LogP contribution < -0.4 is 5.32 Å². The second kappa shape index (κ2) is 4.06. The number of pyridine rings is 1. The number of hydrogen-bond acceptors (Lipinski definition) is 3. The number of hydrogen-bond donors (Lipinski definition) is 1. The SMILES string of the molecule is O=C(c1cnn2ccccc12)N1C[C@@H]2CCN[C@@H]2C1. The van der Waals surface area contributed by atoms with Gasteiger partial charge in [-0.05, 0) is 31.0 Å². The fraction of sp³-hybridized carbons (Fsp3) is 0.429. The van der Waals surface area contributed by atoms with Crippen molar-refractivity contribution in [2.45, 2.75) is 12.5 Å². The van der Waals surface area contributed by atoms with E-state index in [-0.39, 0.29) is 5.91 Å². The standard InChI is InChI=1S/C14H16N4O/c19-14(17-8-10-4-5-15-12(10)9-17)11-7-16-18-6-2-1-3-13(11)18/h1-3,6-7,10,12,15H,4-5,8-9H2/t10-,12+/m0/s1. The zero-order valence-electron chi connectivity index (χ0n) is 10.6. The van der Waals surface area contributed by atoms with Gasteiger partial charge in [-0.2, -0.15) is 5.10 Å². The summed E-state index contributed by atoms with van der Waals surface area (Å²) in [6.07, 6.45) is 4.73. The molecule has 2 aliphatic heterocycles. The molecule has 1 amide bonds. The predicted molar refractivity (Wildman–Crippen MR) is 71.0 cm³/mol. The van der Waals surface area contributed by atoms with Crippen LogP contribution >= 0.6 is 0 Å². The lowest BCUT2D eigenvalue weighted by Crippen LogP contribution is -2.33. The van der Waals surface area contributed by atoms with E-state index in [0.717, 1.165) is 25.2 Å². The van der Waals surface area contributed by atoms with Crippen LogP contribution in [0.5, 0.6) is 0 Å². The minimum Gasteiger partial charge on any atom is -0.337 e. The fourth-order valence-corrected chi connectivity index (χ4v) is 3.28. The molecule has 2 fully saturated rings. The monoisotopic (exact) mass is 256 g/mol. The number of amides is 1. The lowest BCUT2D eigenvalue weighted by Gasteiger charge is -2.16. The maximum Gasteiger partial charge on any atom is 0.257 e. The molecule has 2 aliphatic rings. The smallest absolute Gasteiger partial charge is 0.257 e. The Kier molecular flexibility index (Phi) is 2.35. The van der Waals surface area contributed by atoms with E-state index in [2.05, 4.69) is 10.4 Å². The molecule has 5 heteroatoms. The van der Waals surface area contributed by atoms with E-state index < -0.39 is 0 Å². The molecule has 0 saturated carbocycles. The largest absolute Gasteiger partial charge is 0.337 e. The van der Waals surface area contributed by atoms with Crippen molar-refractivity contribution in [1.29, 1.82) is 0 Å². The maximum atomic E-state index is 12.6. The lowest BCUT2D eigenvalue weighted by atomic mass is 10.1. The molecule has 2 aromatic rings. The van der Waals surface area contributed by atoms with Gasteiger partial charge in [0.2, 0.25) is 0 Å². The van der Waals surface area contributed by atoms with Crippen molar-refractivity contribution >= 4 is 11.4 Å². The Morgan fingerprint density at radius 2 is 2.32 bits per heavy atom. The van der Waals surface area contributed by atoms with E-state index in [1.807, 2.05) is 29.3 Å². The summed E-state index contributed by atoms with van der Waals surface area (Å²) in [5.41, 5.74) is 1.60. The van der Waals surface area contributed by atoms with Crippen LogP contribution in [0.3, 0.4) is 0 Å². The van der Waals surface area contributed by atoms with Gasteiger partial charge in [-0.15, -0.1) is 0 Å². The first-order valence-electron chi connectivity index (χ1n) is 6.78. The first-order valence-corrected chi connectivity index (χ1v) is 6.78. The van der Waals surface area contributed by atoms with Gasteiger partial charge < -0.3 is 10.2 Å². The molecule has 0 unspecified atom stereocenters. The first kappa shape index (κ1) is 11.0. The second-order valence-electron chi connectivity index (χ2n) is 5.41. The van der Waals surface area contributed by atoms with Gasteiger partial charge in [0.05, 0.1) is 17.3 Å². The second-order valence-corrected chi connectivity index (χ2v) is 5.41. The summed E-state index contributed by atoms with van der Waals surface area (Å²) in [6, 6.07) is 6.28. The average Bonchev–Trinajstić information content (AvgIpc) is 3.11. The molecule has 19 heavy (non-hydrogen) atoms. The zero-order chi connectivity index (χ0) is 12.8. The highest BCUT2D eigenvalue weighted by Gasteiger charge is 2.38. The van der Waals surface area contributed by atoms with Gasteiger partial charge in [-0.1, -0.05) is 6.07 Å². The van der Waals surface area contributed by atoms with E-state index in [1.54, 1.807) is 10.7 Å². The van der Waals surface area contributed by atoms with Crippen LogP contribution in [-0.4, -0.2) is 46.1 Å². The molecule has 2 atom stereocenters. The number of aromatic nitrogens is 2. The number of likely N-dealkylation sites (tertiary alicyclic amines) is 1. The first-order chi connectivity index (χ1) is 9.33. The van der Waals surface area contributed by atoms with Crippen LogP contribution in [0.4, 0.5) is 0 Å². The average molecular weight is 256 g/mol. The van der Waals surface area contributed by atoms with Crippen LogP contribution in [0.25, 0.3) is 5.52 Å². The Labute approximate surface area is 111 Å². The lowest BCUT2D eigenvalue weighted by molar-refractivity contribution is 0.0784. The molecule has 0 aromatic carbocycles. The zero-order valence-corrected chi connectivity index (χ0v) is 10.6. The third kappa shape index (κ3) is 1.65. The molecule has 4 heterocycles. The van der Waals surface area contributed by atoms with Crippen LogP contribution in [0, 0.1) is 5.92 Å². The molecular weight excluding hydrogens is 240 g/mol. The molecule has 2 aromatic heterocycles. The van der Waals surface area contributed by atoms with Crippen LogP contribution in [0.2, 0.25) is 0 Å². The van der Waals surface area contributed by atoms with E-state index >= 15 is 0 Å². The highest BCUT2D eigenvalue weighted by molar-refractivity contribution is 6.00. The van der Waals surface area contributed by atoms with E-state index in [1.165, 1.54) is 6.42 Å². The summed E-state index contributed by atoms with van der Waals surface area (Å²) in [5.74, 6) is 0.739. The summed E-state index contributed by atoms with van der Waals surface area (Å²) in [7, 11) is 0. The normalized spacial score (nSPS) is 26.0.